The second-order valence-corrected chi connectivity index (χ2v) is 6.91. The lowest BCUT2D eigenvalue weighted by Gasteiger charge is -2.19. The van der Waals surface area contributed by atoms with Gasteiger partial charge in [0, 0.05) is 25.0 Å². The molecule has 0 unspecified atom stereocenters. The zero-order valence-electron chi connectivity index (χ0n) is 15.4. The maximum atomic E-state index is 13.1. The summed E-state index contributed by atoms with van der Waals surface area (Å²) in [7, 11) is 0. The van der Waals surface area contributed by atoms with E-state index in [1.807, 2.05) is 11.0 Å². The largest absolute Gasteiger partial charge is 0.337 e. The van der Waals surface area contributed by atoms with Gasteiger partial charge in [0.05, 0.1) is 5.52 Å². The van der Waals surface area contributed by atoms with Gasteiger partial charge in [0.15, 0.2) is 5.69 Å². The molecule has 1 aromatic carbocycles. The van der Waals surface area contributed by atoms with Gasteiger partial charge in [-0.05, 0) is 49.2 Å². The Morgan fingerprint density at radius 2 is 1.68 bits per heavy atom. The molecule has 1 N–H and O–H groups in total. The highest BCUT2D eigenvalue weighted by Gasteiger charge is 2.25. The van der Waals surface area contributed by atoms with Crippen LogP contribution in [0, 0.1) is 5.82 Å². The zero-order chi connectivity index (χ0) is 19.5. The number of pyridine rings is 1. The highest BCUT2D eigenvalue weighted by Crippen LogP contribution is 2.19. The summed E-state index contributed by atoms with van der Waals surface area (Å²) in [5.41, 5.74) is 1.34. The Morgan fingerprint density at radius 3 is 2.39 bits per heavy atom. The number of nitrogens with one attached hydrogen (secondary N) is 1. The van der Waals surface area contributed by atoms with Crippen LogP contribution >= 0.6 is 0 Å². The molecule has 4 rings (SSSR count). The summed E-state index contributed by atoms with van der Waals surface area (Å²) in [4.78, 5) is 32.1. The summed E-state index contributed by atoms with van der Waals surface area (Å²) in [5.74, 6) is -0.859. The Bertz CT molecular complexity index is 1000. The van der Waals surface area contributed by atoms with Gasteiger partial charge in [-0.2, -0.15) is 0 Å². The topological polar surface area (TPSA) is 66.7 Å². The lowest BCUT2D eigenvalue weighted by atomic mass is 10.2. The molecule has 0 radical (unpaired) electrons. The minimum Gasteiger partial charge on any atom is -0.337 e. The number of hydrogen-bond acceptors (Lipinski definition) is 3. The Labute approximate surface area is 162 Å². The first-order chi connectivity index (χ1) is 13.6. The van der Waals surface area contributed by atoms with Crippen LogP contribution in [0.5, 0.6) is 0 Å². The maximum absolute atomic E-state index is 13.1. The van der Waals surface area contributed by atoms with Crippen molar-refractivity contribution in [3.05, 3.63) is 66.0 Å². The van der Waals surface area contributed by atoms with E-state index in [4.69, 9.17) is 0 Å². The van der Waals surface area contributed by atoms with E-state index in [2.05, 4.69) is 10.3 Å². The molecule has 2 aromatic heterocycles. The van der Waals surface area contributed by atoms with Crippen molar-refractivity contribution in [1.82, 2.24) is 14.3 Å². The van der Waals surface area contributed by atoms with E-state index in [0.29, 0.717) is 24.3 Å². The number of benzene rings is 1. The highest BCUT2D eigenvalue weighted by molar-refractivity contribution is 6.06. The van der Waals surface area contributed by atoms with Gasteiger partial charge in [-0.3, -0.25) is 14.0 Å². The summed E-state index contributed by atoms with van der Waals surface area (Å²) in [6.45, 7) is 1.42. The van der Waals surface area contributed by atoms with Crippen LogP contribution in [0.3, 0.4) is 0 Å². The lowest BCUT2D eigenvalue weighted by molar-refractivity contribution is 0.0758. The smallest absolute Gasteiger partial charge is 0.292 e. The van der Waals surface area contributed by atoms with Crippen molar-refractivity contribution < 1.29 is 14.0 Å². The number of hydrogen-bond donors (Lipinski definition) is 1. The quantitative estimate of drug-likeness (QED) is 0.753. The number of nitrogens with zero attached hydrogens (tertiary/aromatic N) is 3. The molecule has 6 nitrogen and oxygen atoms in total. The Hall–Kier alpha value is -3.22. The van der Waals surface area contributed by atoms with Gasteiger partial charge in [-0.15, -0.1) is 0 Å². The summed E-state index contributed by atoms with van der Waals surface area (Å²) in [6.07, 6.45) is 5.92. The molecule has 1 aliphatic rings. The van der Waals surface area contributed by atoms with Crippen molar-refractivity contribution in [2.75, 3.05) is 18.4 Å². The van der Waals surface area contributed by atoms with Gasteiger partial charge >= 0.3 is 0 Å². The summed E-state index contributed by atoms with van der Waals surface area (Å²) < 4.78 is 14.7. The average Bonchev–Trinajstić information content (AvgIpc) is 2.89. The molecule has 0 spiro atoms. The molecular formula is C21H21FN4O2. The van der Waals surface area contributed by atoms with Gasteiger partial charge < -0.3 is 10.2 Å². The number of halogens is 1. The Morgan fingerprint density at radius 1 is 0.964 bits per heavy atom. The Kier molecular flexibility index (Phi) is 5.06. The average molecular weight is 380 g/mol. The second-order valence-electron chi connectivity index (χ2n) is 6.91. The molecule has 144 valence electrons. The number of amides is 2. The van der Waals surface area contributed by atoms with Crippen molar-refractivity contribution >= 4 is 23.0 Å². The molecular weight excluding hydrogens is 359 g/mol. The molecule has 28 heavy (non-hydrogen) atoms. The van der Waals surface area contributed by atoms with E-state index in [1.165, 1.54) is 24.3 Å². The number of aromatic nitrogens is 2. The fourth-order valence-electron chi connectivity index (χ4n) is 3.50. The maximum Gasteiger partial charge on any atom is 0.292 e. The van der Waals surface area contributed by atoms with Crippen molar-refractivity contribution in [3.8, 4) is 0 Å². The molecule has 0 atom stereocenters. The molecule has 2 amide bonds. The van der Waals surface area contributed by atoms with E-state index in [0.717, 1.165) is 25.7 Å². The molecule has 3 aromatic rings. The predicted octanol–water partition coefficient (Wildman–Crippen LogP) is 3.74. The Balaban J connectivity index is 1.66. The number of carbonyl (C=O) groups excluding carboxylic acids is 2. The SMILES string of the molecule is O=C(Nc1ccc(F)cc1)c1nc(C(=O)N2CCCCCC2)c2ccccn12. The molecule has 0 saturated carbocycles. The lowest BCUT2D eigenvalue weighted by Crippen LogP contribution is -2.32. The third kappa shape index (κ3) is 3.60. The monoisotopic (exact) mass is 380 g/mol. The molecule has 1 aliphatic heterocycles. The van der Waals surface area contributed by atoms with Crippen LogP contribution in [0.15, 0.2) is 48.7 Å². The van der Waals surface area contributed by atoms with Gasteiger partial charge in [0.1, 0.15) is 5.82 Å². The first-order valence-corrected chi connectivity index (χ1v) is 9.47. The fraction of sp³-hybridized carbons (Fsp3) is 0.286. The molecule has 1 saturated heterocycles. The third-order valence-electron chi connectivity index (χ3n) is 4.95. The highest BCUT2D eigenvalue weighted by atomic mass is 19.1. The van der Waals surface area contributed by atoms with Gasteiger partial charge in [-0.25, -0.2) is 9.37 Å². The normalized spacial score (nSPS) is 14.7. The van der Waals surface area contributed by atoms with E-state index in [-0.39, 0.29) is 23.2 Å². The summed E-state index contributed by atoms with van der Waals surface area (Å²) in [5, 5.41) is 2.71. The van der Waals surface area contributed by atoms with Crippen LogP contribution in [0.1, 0.15) is 46.8 Å². The van der Waals surface area contributed by atoms with Gasteiger partial charge in [0.2, 0.25) is 5.82 Å². The van der Waals surface area contributed by atoms with Crippen molar-refractivity contribution in [2.45, 2.75) is 25.7 Å². The van der Waals surface area contributed by atoms with E-state index in [1.54, 1.807) is 22.7 Å². The molecule has 1 fully saturated rings. The number of likely N-dealkylation sites (tertiary alicyclic amines) is 1. The van der Waals surface area contributed by atoms with Crippen LogP contribution in [-0.4, -0.2) is 39.2 Å². The van der Waals surface area contributed by atoms with Crippen LogP contribution in [0.25, 0.3) is 5.52 Å². The fourth-order valence-corrected chi connectivity index (χ4v) is 3.50. The van der Waals surface area contributed by atoms with Crippen molar-refractivity contribution in [1.29, 1.82) is 0 Å². The van der Waals surface area contributed by atoms with Crippen LogP contribution in [0.4, 0.5) is 10.1 Å². The molecule has 7 heteroatoms. The van der Waals surface area contributed by atoms with Crippen LogP contribution in [-0.2, 0) is 0 Å². The number of carbonyl (C=O) groups is 2. The number of fused-ring (bicyclic) bond motifs is 1. The second kappa shape index (κ2) is 7.80. The molecule has 0 bridgehead atoms. The minimum absolute atomic E-state index is 0.123. The standard InChI is InChI=1S/C21H21FN4O2/c22-15-8-10-16(11-9-15)23-20(27)19-24-18(17-7-3-6-14-26(17)19)21(28)25-12-4-1-2-5-13-25/h3,6-11,14H,1-2,4-5,12-13H2,(H,23,27). The summed E-state index contributed by atoms with van der Waals surface area (Å²) in [6, 6.07) is 10.9. The number of anilines is 1. The van der Waals surface area contributed by atoms with E-state index >= 15 is 0 Å². The van der Waals surface area contributed by atoms with E-state index in [9.17, 15) is 14.0 Å². The first-order valence-electron chi connectivity index (χ1n) is 9.47. The van der Waals surface area contributed by atoms with Crippen molar-refractivity contribution in [3.63, 3.8) is 0 Å². The predicted molar refractivity (Wildman–Crippen MR) is 104 cm³/mol. The zero-order valence-corrected chi connectivity index (χ0v) is 15.4. The number of imidazole rings is 1. The van der Waals surface area contributed by atoms with Crippen molar-refractivity contribution in [2.24, 2.45) is 0 Å². The molecule has 3 heterocycles. The van der Waals surface area contributed by atoms with E-state index < -0.39 is 5.91 Å². The molecule has 0 aliphatic carbocycles. The first kappa shape index (κ1) is 18.2. The summed E-state index contributed by atoms with van der Waals surface area (Å²) >= 11 is 0. The minimum atomic E-state index is -0.456. The van der Waals surface area contributed by atoms with Crippen LogP contribution in [0.2, 0.25) is 0 Å². The third-order valence-corrected chi connectivity index (χ3v) is 4.95. The van der Waals surface area contributed by atoms with Gasteiger partial charge in [0.25, 0.3) is 11.8 Å². The number of rotatable bonds is 3. The van der Waals surface area contributed by atoms with Crippen LogP contribution < -0.4 is 5.32 Å². The van der Waals surface area contributed by atoms with Gasteiger partial charge in [-0.1, -0.05) is 18.9 Å².